The molecule has 0 unspecified atom stereocenters. The van der Waals surface area contributed by atoms with Crippen LogP contribution in [0.2, 0.25) is 0 Å². The van der Waals surface area contributed by atoms with Crippen LogP contribution in [0, 0.1) is 11.7 Å². The molecule has 0 saturated heterocycles. The van der Waals surface area contributed by atoms with E-state index in [1.54, 1.807) is 25.1 Å². The molecule has 0 aromatic heterocycles. The summed E-state index contributed by atoms with van der Waals surface area (Å²) < 4.78 is 12.9. The molecule has 1 aliphatic rings. The largest absolute Gasteiger partial charge is 0.396 e. The van der Waals surface area contributed by atoms with Gasteiger partial charge in [0.15, 0.2) is 0 Å². The van der Waals surface area contributed by atoms with Crippen LogP contribution in [0.5, 0.6) is 0 Å². The smallest absolute Gasteiger partial charge is 0.249 e. The molecule has 4 heteroatoms. The maximum Gasteiger partial charge on any atom is 0.249 e. The SMILES string of the molecule is C/C(=C\c1ccc(F)cc1)C(=O)N(C)C1CCC(CO)CC1. The Labute approximate surface area is 131 Å². The van der Waals surface area contributed by atoms with Gasteiger partial charge in [-0.1, -0.05) is 12.1 Å². The van der Waals surface area contributed by atoms with E-state index in [9.17, 15) is 14.3 Å². The summed E-state index contributed by atoms with van der Waals surface area (Å²) in [6.45, 7) is 2.04. The van der Waals surface area contributed by atoms with Crippen LogP contribution in [0.15, 0.2) is 29.8 Å². The first-order valence-corrected chi connectivity index (χ1v) is 7.83. The Morgan fingerprint density at radius 2 is 1.86 bits per heavy atom. The highest BCUT2D eigenvalue weighted by Gasteiger charge is 2.26. The van der Waals surface area contributed by atoms with Gasteiger partial charge in [-0.05, 0) is 62.3 Å². The lowest BCUT2D eigenvalue weighted by molar-refractivity contribution is -0.128. The molecule has 1 N–H and O–H groups in total. The summed E-state index contributed by atoms with van der Waals surface area (Å²) in [5, 5.41) is 9.18. The standard InChI is InChI=1S/C18H24FNO2/c1-13(11-14-3-7-16(19)8-4-14)18(22)20(2)17-9-5-15(12-21)6-10-17/h3-4,7-8,11,15,17,21H,5-6,9-10,12H2,1-2H3/b13-11+. The van der Waals surface area contributed by atoms with Gasteiger partial charge in [-0.25, -0.2) is 4.39 Å². The third-order valence-electron chi connectivity index (χ3n) is 4.53. The number of aliphatic hydroxyl groups is 1. The van der Waals surface area contributed by atoms with Crippen LogP contribution in [-0.2, 0) is 4.79 Å². The van der Waals surface area contributed by atoms with Crippen molar-refractivity contribution in [3.05, 3.63) is 41.2 Å². The Balaban J connectivity index is 1.99. The van der Waals surface area contributed by atoms with Crippen molar-refractivity contribution >= 4 is 12.0 Å². The number of hydrogen-bond acceptors (Lipinski definition) is 2. The molecule has 1 aliphatic carbocycles. The summed E-state index contributed by atoms with van der Waals surface area (Å²) in [5.74, 6) is 0.117. The first kappa shape index (κ1) is 16.7. The summed E-state index contributed by atoms with van der Waals surface area (Å²) in [6, 6.07) is 6.36. The van der Waals surface area contributed by atoms with Crippen LogP contribution in [0.25, 0.3) is 6.08 Å². The van der Waals surface area contributed by atoms with Crippen LogP contribution in [-0.4, -0.2) is 35.6 Å². The molecule has 1 aromatic rings. The van der Waals surface area contributed by atoms with Crippen molar-refractivity contribution in [2.45, 2.75) is 38.6 Å². The zero-order valence-corrected chi connectivity index (χ0v) is 13.3. The summed E-state index contributed by atoms with van der Waals surface area (Å²) in [4.78, 5) is 14.3. The molecule has 22 heavy (non-hydrogen) atoms. The molecule has 1 saturated carbocycles. The van der Waals surface area contributed by atoms with Gasteiger partial charge < -0.3 is 10.0 Å². The lowest BCUT2D eigenvalue weighted by Gasteiger charge is -2.34. The first-order valence-electron chi connectivity index (χ1n) is 7.83. The van der Waals surface area contributed by atoms with E-state index in [4.69, 9.17) is 0 Å². The van der Waals surface area contributed by atoms with E-state index in [0.717, 1.165) is 31.2 Å². The number of halogens is 1. The lowest BCUT2D eigenvalue weighted by Crippen LogP contribution is -2.40. The molecule has 0 heterocycles. The van der Waals surface area contributed by atoms with E-state index in [0.29, 0.717) is 11.5 Å². The van der Waals surface area contributed by atoms with Crippen molar-refractivity contribution in [1.82, 2.24) is 4.90 Å². The summed E-state index contributed by atoms with van der Waals surface area (Å²) >= 11 is 0. The van der Waals surface area contributed by atoms with E-state index >= 15 is 0 Å². The number of carbonyl (C=O) groups is 1. The third kappa shape index (κ3) is 4.17. The Kier molecular flexibility index (Phi) is 5.72. The maximum atomic E-state index is 12.9. The number of rotatable bonds is 4. The van der Waals surface area contributed by atoms with Crippen molar-refractivity contribution in [1.29, 1.82) is 0 Å². The zero-order chi connectivity index (χ0) is 16.1. The molecule has 0 atom stereocenters. The Hall–Kier alpha value is -1.68. The number of aliphatic hydroxyl groups excluding tert-OH is 1. The lowest BCUT2D eigenvalue weighted by atomic mass is 9.86. The van der Waals surface area contributed by atoms with E-state index < -0.39 is 0 Å². The Bertz CT molecular complexity index is 531. The fraction of sp³-hybridized carbons (Fsp3) is 0.500. The summed E-state index contributed by atoms with van der Waals surface area (Å²) in [5.41, 5.74) is 1.48. The van der Waals surface area contributed by atoms with E-state index in [-0.39, 0.29) is 24.4 Å². The molecule has 0 aliphatic heterocycles. The Morgan fingerprint density at radius 3 is 2.41 bits per heavy atom. The monoisotopic (exact) mass is 305 g/mol. The van der Waals surface area contributed by atoms with Crippen LogP contribution in [0.3, 0.4) is 0 Å². The predicted octanol–water partition coefficient (Wildman–Crippen LogP) is 3.24. The fourth-order valence-electron chi connectivity index (χ4n) is 3.03. The molecular formula is C18H24FNO2. The molecule has 3 nitrogen and oxygen atoms in total. The minimum atomic E-state index is -0.279. The van der Waals surface area contributed by atoms with Crippen LogP contribution >= 0.6 is 0 Å². The topological polar surface area (TPSA) is 40.5 Å². The average molecular weight is 305 g/mol. The number of benzene rings is 1. The van der Waals surface area contributed by atoms with Crippen molar-refractivity contribution < 1.29 is 14.3 Å². The third-order valence-corrected chi connectivity index (χ3v) is 4.53. The van der Waals surface area contributed by atoms with Gasteiger partial charge in [0.2, 0.25) is 5.91 Å². The number of amides is 1. The normalized spacial score (nSPS) is 22.5. The van der Waals surface area contributed by atoms with Gasteiger partial charge in [0.25, 0.3) is 0 Å². The summed E-state index contributed by atoms with van der Waals surface area (Å²) in [7, 11) is 1.84. The number of nitrogens with zero attached hydrogens (tertiary/aromatic N) is 1. The highest BCUT2D eigenvalue weighted by Crippen LogP contribution is 2.27. The second-order valence-electron chi connectivity index (χ2n) is 6.15. The quantitative estimate of drug-likeness (QED) is 0.868. The fourth-order valence-corrected chi connectivity index (χ4v) is 3.03. The minimum Gasteiger partial charge on any atom is -0.396 e. The molecule has 2 rings (SSSR count). The molecule has 0 spiro atoms. The molecule has 0 radical (unpaired) electrons. The van der Waals surface area contributed by atoms with Gasteiger partial charge in [-0.15, -0.1) is 0 Å². The molecule has 1 aromatic carbocycles. The van der Waals surface area contributed by atoms with Crippen molar-refractivity contribution in [3.63, 3.8) is 0 Å². The number of carbonyl (C=O) groups excluding carboxylic acids is 1. The van der Waals surface area contributed by atoms with Crippen molar-refractivity contribution in [2.24, 2.45) is 5.92 Å². The van der Waals surface area contributed by atoms with Crippen LogP contribution < -0.4 is 0 Å². The molecular weight excluding hydrogens is 281 g/mol. The zero-order valence-electron chi connectivity index (χ0n) is 13.3. The maximum absolute atomic E-state index is 12.9. The summed E-state index contributed by atoms with van der Waals surface area (Å²) in [6.07, 6.45) is 5.62. The molecule has 0 bridgehead atoms. The van der Waals surface area contributed by atoms with E-state index in [1.807, 2.05) is 11.9 Å². The second kappa shape index (κ2) is 7.54. The second-order valence-corrected chi connectivity index (χ2v) is 6.15. The van der Waals surface area contributed by atoms with Gasteiger partial charge in [0, 0.05) is 25.3 Å². The average Bonchev–Trinajstić information content (AvgIpc) is 2.55. The first-order chi connectivity index (χ1) is 10.5. The molecule has 1 amide bonds. The molecule has 1 fully saturated rings. The van der Waals surface area contributed by atoms with Gasteiger partial charge in [-0.3, -0.25) is 4.79 Å². The highest BCUT2D eigenvalue weighted by molar-refractivity contribution is 5.97. The highest BCUT2D eigenvalue weighted by atomic mass is 19.1. The van der Waals surface area contributed by atoms with E-state index in [1.165, 1.54) is 12.1 Å². The van der Waals surface area contributed by atoms with Gasteiger partial charge in [-0.2, -0.15) is 0 Å². The van der Waals surface area contributed by atoms with Crippen molar-refractivity contribution in [2.75, 3.05) is 13.7 Å². The Morgan fingerprint density at radius 1 is 1.27 bits per heavy atom. The number of likely N-dealkylation sites (N-methyl/N-ethyl adjacent to an activating group) is 1. The van der Waals surface area contributed by atoms with Crippen LogP contribution in [0.1, 0.15) is 38.2 Å². The van der Waals surface area contributed by atoms with Gasteiger partial charge in [0.05, 0.1) is 0 Å². The van der Waals surface area contributed by atoms with E-state index in [2.05, 4.69) is 0 Å². The van der Waals surface area contributed by atoms with Gasteiger partial charge >= 0.3 is 0 Å². The predicted molar refractivity (Wildman–Crippen MR) is 85.7 cm³/mol. The number of hydrogen-bond donors (Lipinski definition) is 1. The molecule has 120 valence electrons. The van der Waals surface area contributed by atoms with Gasteiger partial charge in [0.1, 0.15) is 5.82 Å². The minimum absolute atomic E-state index is 0.0109. The van der Waals surface area contributed by atoms with Crippen LogP contribution in [0.4, 0.5) is 4.39 Å². The van der Waals surface area contributed by atoms with Crippen molar-refractivity contribution in [3.8, 4) is 0 Å².